The number of carbonyl (C=O) groups excluding carboxylic acids is 3. The minimum Gasteiger partial charge on any atom is -0.340 e. The van der Waals surface area contributed by atoms with Gasteiger partial charge in [-0.25, -0.2) is 4.90 Å². The first-order valence-electron chi connectivity index (χ1n) is 9.71. The molecule has 4 rings (SSSR count). The molecule has 2 aromatic carbocycles. The Morgan fingerprint density at radius 1 is 0.931 bits per heavy atom. The number of piperazine rings is 1. The minimum absolute atomic E-state index is 0.0902. The molecule has 0 radical (unpaired) electrons. The molecule has 150 valence electrons. The Kier molecular flexibility index (Phi) is 5.65. The van der Waals surface area contributed by atoms with Gasteiger partial charge in [-0.3, -0.25) is 19.3 Å². The average Bonchev–Trinajstić information content (AvgIpc) is 3.04. The van der Waals surface area contributed by atoms with E-state index >= 15 is 0 Å². The summed E-state index contributed by atoms with van der Waals surface area (Å²) in [5.41, 5.74) is 1.54. The van der Waals surface area contributed by atoms with Gasteiger partial charge >= 0.3 is 0 Å². The normalized spacial score (nSPS) is 20.4. The van der Waals surface area contributed by atoms with Crippen molar-refractivity contribution in [2.75, 3.05) is 31.1 Å². The number of rotatable bonds is 4. The Bertz CT molecular complexity index is 909. The molecule has 0 bridgehead atoms. The Hall–Kier alpha value is -2.70. The van der Waals surface area contributed by atoms with Crippen molar-refractivity contribution in [3.63, 3.8) is 0 Å². The molecule has 2 aromatic rings. The van der Waals surface area contributed by atoms with Crippen molar-refractivity contribution >= 4 is 35.0 Å². The molecule has 0 saturated carbocycles. The van der Waals surface area contributed by atoms with E-state index in [0.29, 0.717) is 43.3 Å². The molecule has 2 aliphatic heterocycles. The first-order chi connectivity index (χ1) is 14.0. The monoisotopic (exact) mass is 411 g/mol. The minimum atomic E-state index is -0.468. The van der Waals surface area contributed by atoms with Gasteiger partial charge in [0.05, 0.1) is 24.6 Å². The van der Waals surface area contributed by atoms with Crippen LogP contribution in [-0.2, 0) is 20.8 Å². The molecule has 0 aromatic heterocycles. The summed E-state index contributed by atoms with van der Waals surface area (Å²) < 4.78 is 0. The molecule has 0 spiro atoms. The zero-order valence-corrected chi connectivity index (χ0v) is 16.7. The fourth-order valence-corrected chi connectivity index (χ4v) is 4.05. The van der Waals surface area contributed by atoms with Crippen LogP contribution in [0.5, 0.6) is 0 Å². The highest BCUT2D eigenvalue weighted by atomic mass is 35.5. The molecular formula is C22H22ClN3O3. The van der Waals surface area contributed by atoms with E-state index in [1.807, 2.05) is 40.1 Å². The van der Waals surface area contributed by atoms with E-state index in [1.165, 1.54) is 4.90 Å². The molecule has 2 aliphatic rings. The van der Waals surface area contributed by atoms with Gasteiger partial charge < -0.3 is 4.90 Å². The molecule has 1 unspecified atom stereocenters. The van der Waals surface area contributed by atoms with E-state index in [0.717, 1.165) is 5.56 Å². The van der Waals surface area contributed by atoms with Gasteiger partial charge in [0.2, 0.25) is 11.8 Å². The van der Waals surface area contributed by atoms with Crippen molar-refractivity contribution in [2.45, 2.75) is 18.9 Å². The fraction of sp³-hybridized carbons (Fsp3) is 0.318. The summed E-state index contributed by atoms with van der Waals surface area (Å²) in [4.78, 5) is 43.0. The number of benzene rings is 2. The summed E-state index contributed by atoms with van der Waals surface area (Å²) in [6.07, 6.45) is 0.547. The summed E-state index contributed by atoms with van der Waals surface area (Å²) in [5.74, 6) is -0.321. The summed E-state index contributed by atoms with van der Waals surface area (Å²) in [5, 5.41) is 0.556. The third-order valence-corrected chi connectivity index (χ3v) is 5.77. The molecule has 0 aliphatic carbocycles. The van der Waals surface area contributed by atoms with Crippen molar-refractivity contribution < 1.29 is 14.4 Å². The number of carbonyl (C=O) groups is 3. The third kappa shape index (κ3) is 4.18. The Balaban J connectivity index is 1.36. The van der Waals surface area contributed by atoms with Crippen LogP contribution in [0.2, 0.25) is 5.02 Å². The zero-order valence-electron chi connectivity index (χ0n) is 16.0. The Labute approximate surface area is 174 Å². The maximum Gasteiger partial charge on any atom is 0.251 e. The second-order valence-electron chi connectivity index (χ2n) is 7.34. The molecule has 0 N–H and O–H groups in total. The highest BCUT2D eigenvalue weighted by molar-refractivity contribution is 6.30. The number of amides is 3. The van der Waals surface area contributed by atoms with Crippen molar-refractivity contribution in [1.29, 1.82) is 0 Å². The zero-order chi connectivity index (χ0) is 20.4. The molecular weight excluding hydrogens is 390 g/mol. The molecule has 2 saturated heterocycles. The van der Waals surface area contributed by atoms with E-state index < -0.39 is 6.04 Å². The van der Waals surface area contributed by atoms with Crippen LogP contribution in [0.4, 0.5) is 5.69 Å². The van der Waals surface area contributed by atoms with Crippen LogP contribution in [0.1, 0.15) is 12.0 Å². The van der Waals surface area contributed by atoms with Crippen LogP contribution in [-0.4, -0.2) is 59.7 Å². The predicted molar refractivity (Wildman–Crippen MR) is 111 cm³/mol. The first kappa shape index (κ1) is 19.6. The second kappa shape index (κ2) is 8.35. The van der Waals surface area contributed by atoms with Gasteiger partial charge in [0.1, 0.15) is 0 Å². The van der Waals surface area contributed by atoms with Crippen LogP contribution in [0.15, 0.2) is 54.6 Å². The molecule has 1 atom stereocenters. The number of hydrogen-bond acceptors (Lipinski definition) is 4. The first-order valence-corrected chi connectivity index (χ1v) is 10.1. The van der Waals surface area contributed by atoms with Crippen molar-refractivity contribution in [2.24, 2.45) is 0 Å². The summed E-state index contributed by atoms with van der Waals surface area (Å²) in [7, 11) is 0. The lowest BCUT2D eigenvalue weighted by Gasteiger charge is -2.37. The maximum absolute atomic E-state index is 12.9. The van der Waals surface area contributed by atoms with Gasteiger partial charge in [-0.15, -0.1) is 0 Å². The lowest BCUT2D eigenvalue weighted by atomic mass is 10.1. The van der Waals surface area contributed by atoms with Gasteiger partial charge in [0.15, 0.2) is 0 Å². The highest BCUT2D eigenvalue weighted by Crippen LogP contribution is 2.27. The summed E-state index contributed by atoms with van der Waals surface area (Å²) in [6, 6.07) is 15.9. The SMILES string of the molecule is O=C(Cc1ccccc1)N1CCN(C2CC(=O)N(c3ccc(Cl)cc3)C2=O)CC1. The summed E-state index contributed by atoms with van der Waals surface area (Å²) in [6.45, 7) is 2.28. The average molecular weight is 412 g/mol. The topological polar surface area (TPSA) is 60.9 Å². The number of anilines is 1. The maximum atomic E-state index is 12.9. The smallest absolute Gasteiger partial charge is 0.251 e. The van der Waals surface area contributed by atoms with Gasteiger partial charge in [-0.1, -0.05) is 41.9 Å². The van der Waals surface area contributed by atoms with E-state index in [1.54, 1.807) is 24.3 Å². The van der Waals surface area contributed by atoms with E-state index in [9.17, 15) is 14.4 Å². The Morgan fingerprint density at radius 2 is 1.59 bits per heavy atom. The molecule has 29 heavy (non-hydrogen) atoms. The second-order valence-corrected chi connectivity index (χ2v) is 7.78. The molecule has 2 heterocycles. The van der Waals surface area contributed by atoms with Gasteiger partial charge in [-0.05, 0) is 29.8 Å². The standard InChI is InChI=1S/C22H22ClN3O3/c23-17-6-8-18(9-7-17)26-21(28)15-19(22(26)29)24-10-12-25(13-11-24)20(27)14-16-4-2-1-3-5-16/h1-9,19H,10-15H2. The molecule has 7 heteroatoms. The molecule has 2 fully saturated rings. The largest absolute Gasteiger partial charge is 0.340 e. The lowest BCUT2D eigenvalue weighted by molar-refractivity contribution is -0.133. The number of imide groups is 1. The lowest BCUT2D eigenvalue weighted by Crippen LogP contribution is -2.54. The van der Waals surface area contributed by atoms with Gasteiger partial charge in [0.25, 0.3) is 5.91 Å². The van der Waals surface area contributed by atoms with Gasteiger partial charge in [0, 0.05) is 31.2 Å². The predicted octanol–water partition coefficient (Wildman–Crippen LogP) is 2.36. The van der Waals surface area contributed by atoms with Crippen LogP contribution in [0.3, 0.4) is 0 Å². The van der Waals surface area contributed by atoms with Crippen LogP contribution in [0, 0.1) is 0 Å². The van der Waals surface area contributed by atoms with Crippen molar-refractivity contribution in [1.82, 2.24) is 9.80 Å². The van der Waals surface area contributed by atoms with Crippen LogP contribution >= 0.6 is 11.6 Å². The summed E-state index contributed by atoms with van der Waals surface area (Å²) >= 11 is 5.90. The Morgan fingerprint density at radius 3 is 2.24 bits per heavy atom. The van der Waals surface area contributed by atoms with Crippen LogP contribution in [0.25, 0.3) is 0 Å². The fourth-order valence-electron chi connectivity index (χ4n) is 3.93. The van der Waals surface area contributed by atoms with Crippen LogP contribution < -0.4 is 4.90 Å². The quantitative estimate of drug-likeness (QED) is 0.725. The van der Waals surface area contributed by atoms with E-state index in [-0.39, 0.29) is 24.1 Å². The van der Waals surface area contributed by atoms with Crippen molar-refractivity contribution in [3.8, 4) is 0 Å². The number of hydrogen-bond donors (Lipinski definition) is 0. The van der Waals surface area contributed by atoms with E-state index in [4.69, 9.17) is 11.6 Å². The highest BCUT2D eigenvalue weighted by Gasteiger charge is 2.43. The molecule has 6 nitrogen and oxygen atoms in total. The van der Waals surface area contributed by atoms with Gasteiger partial charge in [-0.2, -0.15) is 0 Å². The third-order valence-electron chi connectivity index (χ3n) is 5.51. The number of halogens is 1. The molecule has 3 amide bonds. The number of nitrogens with zero attached hydrogens (tertiary/aromatic N) is 3. The van der Waals surface area contributed by atoms with E-state index in [2.05, 4.69) is 0 Å². The van der Waals surface area contributed by atoms with Crippen molar-refractivity contribution in [3.05, 3.63) is 65.2 Å².